The van der Waals surface area contributed by atoms with Gasteiger partial charge in [-0.2, -0.15) is 0 Å². The summed E-state index contributed by atoms with van der Waals surface area (Å²) in [6.07, 6.45) is 2.27. The number of furan rings is 1. The normalized spacial score (nSPS) is 15.0. The van der Waals surface area contributed by atoms with Gasteiger partial charge in [0.15, 0.2) is 0 Å². The number of anilines is 9. The van der Waals surface area contributed by atoms with Crippen LogP contribution in [0.3, 0.4) is 0 Å². The van der Waals surface area contributed by atoms with E-state index in [1.54, 1.807) is 0 Å². The van der Waals surface area contributed by atoms with Crippen molar-refractivity contribution in [3.05, 3.63) is 238 Å². The van der Waals surface area contributed by atoms with Gasteiger partial charge in [0, 0.05) is 56.0 Å². The Morgan fingerprint density at radius 2 is 0.955 bits per heavy atom. The molecule has 10 aromatic carbocycles. The van der Waals surface area contributed by atoms with Crippen molar-refractivity contribution < 1.29 is 4.42 Å². The van der Waals surface area contributed by atoms with E-state index in [1.165, 1.54) is 112 Å². The number of rotatable bonds is 7. The Hall–Kier alpha value is -8.54. The Balaban J connectivity index is 1.10. The predicted molar refractivity (Wildman–Crippen MR) is 384 cm³/mol. The van der Waals surface area contributed by atoms with Crippen molar-refractivity contribution in [3.8, 4) is 22.3 Å². The van der Waals surface area contributed by atoms with Crippen LogP contribution in [0.25, 0.3) is 44.2 Å². The molecule has 89 heavy (non-hydrogen) atoms. The molecule has 5 heteroatoms. The van der Waals surface area contributed by atoms with Crippen LogP contribution in [0.5, 0.6) is 0 Å². The molecule has 0 N–H and O–H groups in total. The van der Waals surface area contributed by atoms with Crippen LogP contribution in [0.15, 0.2) is 192 Å². The highest BCUT2D eigenvalue weighted by atomic mass is 16.3. The summed E-state index contributed by atoms with van der Waals surface area (Å²) in [6.45, 7) is 40.2. The van der Waals surface area contributed by atoms with Gasteiger partial charge in [-0.05, 0) is 218 Å². The highest BCUT2D eigenvalue weighted by Crippen LogP contribution is 2.54. The summed E-state index contributed by atoms with van der Waals surface area (Å²) in [5.41, 5.74) is 32.6. The van der Waals surface area contributed by atoms with E-state index in [2.05, 4.69) is 320 Å². The van der Waals surface area contributed by atoms with Gasteiger partial charge in [0.05, 0.1) is 17.1 Å². The number of benzene rings is 10. The number of para-hydroxylation sites is 3. The highest BCUT2D eigenvalue weighted by molar-refractivity contribution is 7.00. The van der Waals surface area contributed by atoms with Gasteiger partial charge < -0.3 is 19.1 Å². The third-order valence-corrected chi connectivity index (χ3v) is 20.4. The van der Waals surface area contributed by atoms with Crippen molar-refractivity contribution in [2.45, 2.75) is 158 Å². The number of nitrogens with zero attached hydrogens (tertiary/aromatic N) is 3. The molecule has 0 saturated heterocycles. The van der Waals surface area contributed by atoms with E-state index >= 15 is 0 Å². The zero-order valence-electron chi connectivity index (χ0n) is 55.6. The molecular formula is C84H86BN3O. The molecule has 3 heterocycles. The van der Waals surface area contributed by atoms with Crippen LogP contribution in [-0.2, 0) is 27.1 Å². The van der Waals surface area contributed by atoms with Gasteiger partial charge in [-0.1, -0.05) is 205 Å². The maximum absolute atomic E-state index is 6.77. The van der Waals surface area contributed by atoms with E-state index in [0.717, 1.165) is 63.0 Å². The molecule has 3 aliphatic rings. The lowest BCUT2D eigenvalue weighted by molar-refractivity contribution is 0.332. The molecule has 446 valence electrons. The van der Waals surface area contributed by atoms with Gasteiger partial charge in [0.2, 0.25) is 0 Å². The lowest BCUT2D eigenvalue weighted by Crippen LogP contribution is -2.62. The van der Waals surface area contributed by atoms with Crippen LogP contribution < -0.4 is 31.1 Å². The van der Waals surface area contributed by atoms with Crippen LogP contribution in [0.4, 0.5) is 51.2 Å². The second-order valence-corrected chi connectivity index (χ2v) is 30.7. The molecule has 4 nitrogen and oxygen atoms in total. The van der Waals surface area contributed by atoms with E-state index in [9.17, 15) is 0 Å². The molecule has 0 bridgehead atoms. The molecule has 1 aromatic heterocycles. The summed E-state index contributed by atoms with van der Waals surface area (Å²) in [4.78, 5) is 7.94. The first-order valence-electron chi connectivity index (χ1n) is 32.5. The lowest BCUT2D eigenvalue weighted by atomic mass is 9.33. The van der Waals surface area contributed by atoms with Gasteiger partial charge >= 0.3 is 0 Å². The quantitative estimate of drug-likeness (QED) is 0.148. The van der Waals surface area contributed by atoms with Crippen LogP contribution in [0, 0.1) is 27.7 Å². The number of hydrogen-bond donors (Lipinski definition) is 0. The molecule has 1 aliphatic carbocycles. The maximum atomic E-state index is 6.77. The van der Waals surface area contributed by atoms with E-state index < -0.39 is 0 Å². The van der Waals surface area contributed by atoms with Gasteiger partial charge in [-0.15, -0.1) is 0 Å². The predicted octanol–water partition coefficient (Wildman–Crippen LogP) is 21.9. The monoisotopic (exact) mass is 1160 g/mol. The second-order valence-electron chi connectivity index (χ2n) is 30.7. The van der Waals surface area contributed by atoms with E-state index in [1.807, 2.05) is 0 Å². The van der Waals surface area contributed by atoms with Gasteiger partial charge in [0.25, 0.3) is 6.71 Å². The minimum absolute atomic E-state index is 0.00339. The SMILES string of the molecule is Cc1cc(-c2cccc3c2oc2ccccc23)cc(C)c1N1c2cc(N(c3ccc(C(C)(C)C)cc3)c3ccc(C(C)(C)C)cc3-c3ccccc3)ccc2B2c3cc4c(cc3N(c3c(C)cccc3C)c3cc(C(C)(C)C)cc1c32)C(C)(C)CCC4(C)C. The maximum Gasteiger partial charge on any atom is 0.252 e. The van der Waals surface area contributed by atoms with Gasteiger partial charge in [-0.3, -0.25) is 0 Å². The van der Waals surface area contributed by atoms with Crippen molar-refractivity contribution in [1.82, 2.24) is 0 Å². The minimum Gasteiger partial charge on any atom is -0.455 e. The fourth-order valence-corrected chi connectivity index (χ4v) is 15.3. The van der Waals surface area contributed by atoms with Crippen LogP contribution in [0.2, 0.25) is 0 Å². The zero-order chi connectivity index (χ0) is 62.6. The first kappa shape index (κ1) is 58.2. The molecule has 0 spiro atoms. The second kappa shape index (κ2) is 20.5. The van der Waals surface area contributed by atoms with E-state index in [-0.39, 0.29) is 33.8 Å². The molecule has 14 rings (SSSR count). The Morgan fingerprint density at radius 3 is 1.58 bits per heavy atom. The van der Waals surface area contributed by atoms with Crippen LogP contribution >= 0.6 is 0 Å². The number of aryl methyl sites for hydroxylation is 4. The zero-order valence-corrected chi connectivity index (χ0v) is 55.6. The standard InChI is InChI=1S/C84H86BN3O/c1-51-25-23-26-52(2)77(51)88-72-50-67-66(83(14,15)41-42-84(67,16)17)49-69(72)85-68-39-38-61(86(60-36-33-57(34-37-60)80(5,6)7)70-40-35-58(81(8,9)10)45-65(70)55-27-19-18-20-28-55)48-71(68)87(73-46-59(82(11,12)13)47-74(88)76(73)85)78-53(3)43-56(44-54(78)4)62-30-24-31-64-63-29-21-22-32-75(63)89-79(62)64/h18-40,43-50H,41-42H2,1-17H3. The summed E-state index contributed by atoms with van der Waals surface area (Å²) in [6, 6.07) is 72.3. The van der Waals surface area contributed by atoms with Gasteiger partial charge in [-0.25, -0.2) is 0 Å². The Kier molecular flexibility index (Phi) is 13.4. The molecular weight excluding hydrogens is 1080 g/mol. The third kappa shape index (κ3) is 9.55. The Bertz CT molecular complexity index is 4630. The van der Waals surface area contributed by atoms with E-state index in [0.29, 0.717) is 0 Å². The average Bonchev–Trinajstić information content (AvgIpc) is 1.07. The lowest BCUT2D eigenvalue weighted by Gasteiger charge is -2.48. The molecule has 2 aliphatic heterocycles. The minimum atomic E-state index is -0.203. The van der Waals surface area contributed by atoms with E-state index in [4.69, 9.17) is 4.42 Å². The van der Waals surface area contributed by atoms with Gasteiger partial charge in [0.1, 0.15) is 11.2 Å². The van der Waals surface area contributed by atoms with Crippen LogP contribution in [0.1, 0.15) is 153 Å². The fourth-order valence-electron chi connectivity index (χ4n) is 15.3. The topological polar surface area (TPSA) is 22.9 Å². The van der Waals surface area contributed by atoms with Crippen molar-refractivity contribution in [2.75, 3.05) is 14.7 Å². The van der Waals surface area contributed by atoms with Crippen molar-refractivity contribution in [3.63, 3.8) is 0 Å². The average molecular weight is 1160 g/mol. The molecule has 0 amide bonds. The van der Waals surface area contributed by atoms with Crippen molar-refractivity contribution in [1.29, 1.82) is 0 Å². The fraction of sp³-hybridized carbons (Fsp3) is 0.286. The smallest absolute Gasteiger partial charge is 0.252 e. The molecule has 11 aromatic rings. The first-order valence-corrected chi connectivity index (χ1v) is 32.5. The largest absolute Gasteiger partial charge is 0.455 e. The Morgan fingerprint density at radius 1 is 0.416 bits per heavy atom. The molecule has 0 atom stereocenters. The molecule has 0 unspecified atom stereocenters. The summed E-state index contributed by atoms with van der Waals surface area (Å²) in [5, 5.41) is 2.27. The summed E-state index contributed by atoms with van der Waals surface area (Å²) in [5.74, 6) is 0. The van der Waals surface area contributed by atoms with Crippen molar-refractivity contribution >= 4 is 96.2 Å². The molecule has 0 radical (unpaired) electrons. The number of fused-ring (bicyclic) bond motifs is 8. The highest BCUT2D eigenvalue weighted by Gasteiger charge is 2.48. The van der Waals surface area contributed by atoms with Crippen molar-refractivity contribution in [2.24, 2.45) is 0 Å². The summed E-state index contributed by atoms with van der Waals surface area (Å²) < 4.78 is 6.77. The first-order chi connectivity index (χ1) is 42.2. The van der Waals surface area contributed by atoms with Crippen LogP contribution in [-0.4, -0.2) is 6.71 Å². The number of hydrogen-bond acceptors (Lipinski definition) is 4. The molecule has 0 saturated carbocycles. The Labute approximate surface area is 530 Å². The summed E-state index contributed by atoms with van der Waals surface area (Å²) in [7, 11) is 0. The summed E-state index contributed by atoms with van der Waals surface area (Å²) >= 11 is 0. The third-order valence-electron chi connectivity index (χ3n) is 20.4. The molecule has 0 fully saturated rings.